The number of halogens is 3. The van der Waals surface area contributed by atoms with E-state index in [0.29, 0.717) is 5.69 Å². The van der Waals surface area contributed by atoms with Gasteiger partial charge in [0, 0.05) is 13.1 Å². The molecule has 1 N–H and O–H groups in total. The third kappa shape index (κ3) is 4.13. The first-order valence-corrected chi connectivity index (χ1v) is 7.19. The molecule has 104 valence electrons. The van der Waals surface area contributed by atoms with Gasteiger partial charge in [0.05, 0.1) is 11.9 Å². The summed E-state index contributed by atoms with van der Waals surface area (Å²) in [6.07, 6.45) is 5.22. The first kappa shape index (κ1) is 14.7. The van der Waals surface area contributed by atoms with Gasteiger partial charge in [0.1, 0.15) is 5.82 Å². The fourth-order valence-electron chi connectivity index (χ4n) is 1.97. The second-order valence-electron chi connectivity index (χ2n) is 4.40. The normalized spacial score (nSPS) is 16.3. The summed E-state index contributed by atoms with van der Waals surface area (Å²) in [7, 11) is 0. The zero-order chi connectivity index (χ0) is 13.9. The average molecular weight is 323 g/mol. The van der Waals surface area contributed by atoms with Gasteiger partial charge in [0.25, 0.3) is 9.70 Å². The van der Waals surface area contributed by atoms with Crippen molar-refractivity contribution < 1.29 is 4.79 Å². The van der Waals surface area contributed by atoms with Crippen molar-refractivity contribution >= 4 is 52.2 Å². The molecule has 0 saturated carbocycles. The summed E-state index contributed by atoms with van der Waals surface area (Å²) in [5.74, 6) is 0.219. The number of anilines is 2. The minimum Gasteiger partial charge on any atom is -0.357 e. The molecule has 0 aromatic carbocycles. The van der Waals surface area contributed by atoms with E-state index in [1.54, 1.807) is 12.3 Å². The number of rotatable bonds is 2. The molecule has 0 aliphatic carbocycles. The number of carbonyl (C=O) groups excluding carboxylic acids is 1. The van der Waals surface area contributed by atoms with E-state index in [-0.39, 0.29) is 0 Å². The van der Waals surface area contributed by atoms with Gasteiger partial charge in [-0.1, -0.05) is 34.8 Å². The number of amides is 1. The van der Waals surface area contributed by atoms with Crippen molar-refractivity contribution in [1.82, 2.24) is 4.98 Å². The van der Waals surface area contributed by atoms with E-state index in [1.165, 1.54) is 19.3 Å². The van der Waals surface area contributed by atoms with Gasteiger partial charge in [0.15, 0.2) is 0 Å². The Balaban J connectivity index is 2.00. The van der Waals surface area contributed by atoms with Gasteiger partial charge in [-0.25, -0.2) is 4.98 Å². The van der Waals surface area contributed by atoms with E-state index in [0.717, 1.165) is 18.9 Å². The maximum absolute atomic E-state index is 11.5. The van der Waals surface area contributed by atoms with E-state index in [1.807, 2.05) is 6.07 Å². The maximum atomic E-state index is 11.5. The Kier molecular flexibility index (Phi) is 4.76. The van der Waals surface area contributed by atoms with Gasteiger partial charge < -0.3 is 10.2 Å². The van der Waals surface area contributed by atoms with Gasteiger partial charge in [-0.2, -0.15) is 0 Å². The van der Waals surface area contributed by atoms with E-state index in [9.17, 15) is 4.79 Å². The molecule has 1 amide bonds. The van der Waals surface area contributed by atoms with E-state index in [2.05, 4.69) is 15.2 Å². The molecule has 0 radical (unpaired) electrons. The summed E-state index contributed by atoms with van der Waals surface area (Å²) in [6.45, 7) is 2.04. The molecule has 1 aromatic heterocycles. The average Bonchev–Trinajstić information content (AvgIpc) is 2.39. The summed E-state index contributed by atoms with van der Waals surface area (Å²) >= 11 is 16.4. The van der Waals surface area contributed by atoms with Crippen LogP contribution >= 0.6 is 34.8 Å². The van der Waals surface area contributed by atoms with Crippen LogP contribution in [-0.4, -0.2) is 27.8 Å². The standard InChI is InChI=1S/C12H14Cl3N3O/c13-12(14,15)11(19)17-9-4-5-10(16-8-9)18-6-2-1-3-7-18/h4-5,8H,1-3,6-7H2,(H,17,19). The number of aromatic nitrogens is 1. The molecule has 1 aromatic rings. The lowest BCUT2D eigenvalue weighted by Gasteiger charge is -2.27. The number of piperidine rings is 1. The predicted octanol–water partition coefficient (Wildman–Crippen LogP) is 3.38. The van der Waals surface area contributed by atoms with Gasteiger partial charge >= 0.3 is 0 Å². The van der Waals surface area contributed by atoms with E-state index >= 15 is 0 Å². The van der Waals surface area contributed by atoms with E-state index in [4.69, 9.17) is 34.8 Å². The molecule has 0 spiro atoms. The SMILES string of the molecule is O=C(Nc1ccc(N2CCCCC2)nc1)C(Cl)(Cl)Cl. The molecule has 4 nitrogen and oxygen atoms in total. The van der Waals surface area contributed by atoms with Crippen LogP contribution < -0.4 is 10.2 Å². The molecule has 0 atom stereocenters. The van der Waals surface area contributed by atoms with Crippen molar-refractivity contribution in [1.29, 1.82) is 0 Å². The lowest BCUT2D eigenvalue weighted by Crippen LogP contribution is -2.30. The van der Waals surface area contributed by atoms with Crippen LogP contribution in [0.4, 0.5) is 11.5 Å². The van der Waals surface area contributed by atoms with Crippen molar-refractivity contribution in [2.45, 2.75) is 23.1 Å². The topological polar surface area (TPSA) is 45.2 Å². The molecule has 1 aliphatic rings. The molecule has 1 saturated heterocycles. The largest absolute Gasteiger partial charge is 0.357 e. The summed E-state index contributed by atoms with van der Waals surface area (Å²) in [5, 5.41) is 2.50. The molecule has 1 fully saturated rings. The summed E-state index contributed by atoms with van der Waals surface area (Å²) in [4.78, 5) is 18.0. The fraction of sp³-hybridized carbons (Fsp3) is 0.500. The quantitative estimate of drug-likeness (QED) is 0.849. The number of carbonyl (C=O) groups is 1. The number of hydrogen-bond donors (Lipinski definition) is 1. The Hall–Kier alpha value is -0.710. The second-order valence-corrected chi connectivity index (χ2v) is 6.69. The van der Waals surface area contributed by atoms with Gasteiger partial charge in [-0.05, 0) is 31.4 Å². The maximum Gasteiger partial charge on any atom is 0.276 e. The Labute approximate surface area is 127 Å². The highest BCUT2D eigenvalue weighted by Gasteiger charge is 2.30. The molecule has 7 heteroatoms. The Bertz CT molecular complexity index is 439. The number of hydrogen-bond acceptors (Lipinski definition) is 3. The zero-order valence-corrected chi connectivity index (χ0v) is 12.5. The van der Waals surface area contributed by atoms with Crippen molar-refractivity contribution in [3.8, 4) is 0 Å². The summed E-state index contributed by atoms with van der Waals surface area (Å²) < 4.78 is -1.97. The van der Waals surface area contributed by atoms with Crippen LogP contribution in [0.2, 0.25) is 0 Å². The van der Waals surface area contributed by atoms with Gasteiger partial charge in [0.2, 0.25) is 0 Å². The first-order chi connectivity index (χ1) is 8.97. The highest BCUT2D eigenvalue weighted by molar-refractivity contribution is 6.76. The lowest BCUT2D eigenvalue weighted by atomic mass is 10.1. The molecule has 19 heavy (non-hydrogen) atoms. The van der Waals surface area contributed by atoms with Gasteiger partial charge in [-0.3, -0.25) is 4.79 Å². The second kappa shape index (κ2) is 6.16. The third-order valence-corrected chi connectivity index (χ3v) is 3.46. The highest BCUT2D eigenvalue weighted by Crippen LogP contribution is 2.28. The van der Waals surface area contributed by atoms with Crippen LogP contribution in [0.5, 0.6) is 0 Å². The van der Waals surface area contributed by atoms with Crippen LogP contribution in [0.1, 0.15) is 19.3 Å². The van der Waals surface area contributed by atoms with Crippen molar-refractivity contribution in [2.24, 2.45) is 0 Å². The highest BCUT2D eigenvalue weighted by atomic mass is 35.6. The Morgan fingerprint density at radius 2 is 1.89 bits per heavy atom. The smallest absolute Gasteiger partial charge is 0.276 e. The first-order valence-electron chi connectivity index (χ1n) is 6.06. The Morgan fingerprint density at radius 3 is 2.42 bits per heavy atom. The van der Waals surface area contributed by atoms with Crippen LogP contribution in [-0.2, 0) is 4.79 Å². The minimum absolute atomic E-state index is 0.511. The van der Waals surface area contributed by atoms with Gasteiger partial charge in [-0.15, -0.1) is 0 Å². The van der Waals surface area contributed by atoms with Crippen LogP contribution in [0.25, 0.3) is 0 Å². The predicted molar refractivity (Wildman–Crippen MR) is 79.2 cm³/mol. The fourth-order valence-corrected chi connectivity index (χ4v) is 2.11. The number of pyridine rings is 1. The summed E-state index contributed by atoms with van der Waals surface area (Å²) in [6, 6.07) is 3.62. The van der Waals surface area contributed by atoms with Crippen LogP contribution in [0, 0.1) is 0 Å². The molecule has 2 rings (SSSR count). The monoisotopic (exact) mass is 321 g/mol. The Morgan fingerprint density at radius 1 is 1.21 bits per heavy atom. The van der Waals surface area contributed by atoms with Crippen LogP contribution in [0.15, 0.2) is 18.3 Å². The number of nitrogens with one attached hydrogen (secondary N) is 1. The molecule has 1 aliphatic heterocycles. The summed E-state index contributed by atoms with van der Waals surface area (Å²) in [5.41, 5.74) is 0.511. The number of nitrogens with zero attached hydrogens (tertiary/aromatic N) is 2. The molecule has 0 bridgehead atoms. The van der Waals surface area contributed by atoms with Crippen LogP contribution in [0.3, 0.4) is 0 Å². The van der Waals surface area contributed by atoms with E-state index < -0.39 is 9.70 Å². The molecule has 2 heterocycles. The molecular weight excluding hydrogens is 309 g/mol. The molecule has 0 unspecified atom stereocenters. The zero-order valence-electron chi connectivity index (χ0n) is 10.2. The van der Waals surface area contributed by atoms with Crippen molar-refractivity contribution in [2.75, 3.05) is 23.3 Å². The van der Waals surface area contributed by atoms with Crippen molar-refractivity contribution in [3.05, 3.63) is 18.3 Å². The lowest BCUT2D eigenvalue weighted by molar-refractivity contribution is -0.115. The molecular formula is C12H14Cl3N3O. The minimum atomic E-state index is -1.97. The third-order valence-electron chi connectivity index (χ3n) is 2.94. The number of alkyl halides is 3. The van der Waals surface area contributed by atoms with Crippen molar-refractivity contribution in [3.63, 3.8) is 0 Å².